The fourth-order valence-electron chi connectivity index (χ4n) is 12.9. The third kappa shape index (κ3) is 48.0. The van der Waals surface area contributed by atoms with E-state index in [1.165, 1.54) is 62.3 Å². The summed E-state index contributed by atoms with van der Waals surface area (Å²) in [6.45, 7) is 89.0. The zero-order chi connectivity index (χ0) is 105. The quantitative estimate of drug-likeness (QED) is 0.191. The second-order valence-electron chi connectivity index (χ2n) is 47.9. The van der Waals surface area contributed by atoms with Crippen molar-refractivity contribution < 1.29 is 119 Å². The highest BCUT2D eigenvalue weighted by Crippen LogP contribution is 2.60. The van der Waals surface area contributed by atoms with Crippen molar-refractivity contribution in [1.29, 1.82) is 0 Å². The molecule has 3 rings (SSSR count). The van der Waals surface area contributed by atoms with Crippen molar-refractivity contribution in [2.24, 2.45) is 172 Å². The third-order valence-electron chi connectivity index (χ3n) is 32.4. The zero-order valence-electron chi connectivity index (χ0n) is 87.9. The smallest absolute Gasteiger partial charge is 0.171 e. The first-order chi connectivity index (χ1) is 54.1. The van der Waals surface area contributed by atoms with Gasteiger partial charge in [0.1, 0.15) is 0 Å². The molecule has 0 nitrogen and oxygen atoms in total. The van der Waals surface area contributed by atoms with E-state index in [9.17, 15) is 119 Å². The fraction of sp³-hybridized carbons (Fsp3) is 1.00. The number of rotatable bonds is 10. The average molecular weight is 1890 g/mol. The van der Waals surface area contributed by atoms with Crippen LogP contribution in [-0.2, 0) is 0 Å². The molecule has 3 aliphatic carbocycles. The molecule has 0 amide bonds. The predicted molar refractivity (Wildman–Crippen MR) is 475 cm³/mol. The second kappa shape index (κ2) is 51.3. The number of hydrogen-bond donors (Lipinski definition) is 0. The number of halogens is 27. The van der Waals surface area contributed by atoms with Crippen LogP contribution in [0.15, 0.2) is 0 Å². The van der Waals surface area contributed by atoms with E-state index in [0.717, 1.165) is 56.3 Å². The highest BCUT2D eigenvalue weighted by molar-refractivity contribution is 5.00. The minimum absolute atomic E-state index is 0.0362. The Bertz CT molecular complexity index is 2640. The van der Waals surface area contributed by atoms with Gasteiger partial charge in [0.25, 0.3) is 0 Å². The van der Waals surface area contributed by atoms with Crippen molar-refractivity contribution in [2.45, 2.75) is 465 Å². The van der Waals surface area contributed by atoms with Crippen molar-refractivity contribution >= 4 is 0 Å². The van der Waals surface area contributed by atoms with Gasteiger partial charge < -0.3 is 0 Å². The molecule has 0 aromatic carbocycles. The first-order valence-corrected chi connectivity index (χ1v) is 45.7. The van der Waals surface area contributed by atoms with Crippen molar-refractivity contribution in [3.05, 3.63) is 0 Å². The Hall–Kier alpha value is -1.89. The van der Waals surface area contributed by atoms with Gasteiger partial charge in [-0.2, -0.15) is 119 Å². The first kappa shape index (κ1) is 140. The first-order valence-electron chi connectivity index (χ1n) is 45.7. The molecule has 0 N–H and O–H groups in total. The maximum Gasteiger partial charge on any atom is 0.394 e. The van der Waals surface area contributed by atoms with Gasteiger partial charge in [0.2, 0.25) is 0 Å². The molecule has 0 spiro atoms. The van der Waals surface area contributed by atoms with E-state index in [0.29, 0.717) is 54.3 Å². The zero-order valence-corrected chi connectivity index (χ0v) is 87.9. The number of alkyl halides is 27. The van der Waals surface area contributed by atoms with Crippen LogP contribution < -0.4 is 0 Å². The van der Waals surface area contributed by atoms with Gasteiger partial charge in [-0.1, -0.05) is 378 Å². The molecule has 772 valence electrons. The summed E-state index contributed by atoms with van der Waals surface area (Å²) >= 11 is 0. The highest BCUT2D eigenvalue weighted by Gasteiger charge is 2.62. The molecule has 27 heteroatoms. The molecule has 3 saturated carbocycles. The number of hydrogen-bond acceptors (Lipinski definition) is 0. The highest BCUT2D eigenvalue weighted by atomic mass is 19.4. The summed E-state index contributed by atoms with van der Waals surface area (Å²) in [5.74, 6) is -3.93. The molecule has 0 bridgehead atoms. The minimum atomic E-state index is -4.16. The van der Waals surface area contributed by atoms with Crippen molar-refractivity contribution in [1.82, 2.24) is 0 Å². The van der Waals surface area contributed by atoms with Crippen LogP contribution in [0.5, 0.6) is 0 Å². The monoisotopic (exact) mass is 1890 g/mol. The Morgan fingerprint density at radius 1 is 0.246 bits per heavy atom. The summed E-state index contributed by atoms with van der Waals surface area (Å²) in [5, 5.41) is 0. The SMILES string of the molecule is CC(C)(C)C(C)(C)C(C)(C)C(F)(F)F.CC(C)(C)C(C)(C)C(C)(C)C(F)(F)F.CC(C)(C)C(C)(C)C(F)(F)F.CC(C)C(C)(C)C(C)(C)C.CC(C)C(C)(C)C(C)C(F)(F)F.CC(C)[C@@H](C)C(C)(C)C.CC(C)[C@@H](C)C(C)C(F)(F)F.CC(C)[C@@H](C)C(C)C(F)(F)F.CC1CCC(C(F)(F)F)CC1.CC1CCCC(C(F)(F)F)[C@@H]1C.C[C@@H]1CCCC(C(F)(F)F)C1. The molecule has 11 atom stereocenters. The van der Waals surface area contributed by atoms with Crippen LogP contribution in [0.2, 0.25) is 0 Å². The molecule has 0 saturated heterocycles. The summed E-state index contributed by atoms with van der Waals surface area (Å²) in [4.78, 5) is 0. The lowest BCUT2D eigenvalue weighted by Crippen LogP contribution is -2.51. The van der Waals surface area contributed by atoms with Gasteiger partial charge in [-0.15, -0.1) is 0 Å². The molecule has 3 aliphatic rings. The van der Waals surface area contributed by atoms with Gasteiger partial charge in [-0.3, -0.25) is 0 Å². The molecule has 0 aromatic heterocycles. The molecule has 0 aromatic rings. The van der Waals surface area contributed by atoms with Crippen LogP contribution in [0, 0.1) is 172 Å². The molecule has 6 unspecified atom stereocenters. The lowest BCUT2D eigenvalue weighted by molar-refractivity contribution is -0.263. The topological polar surface area (TPSA) is 0 Å². The van der Waals surface area contributed by atoms with E-state index < -0.39 is 129 Å². The Kier molecular flexibility index (Phi) is 56.8. The van der Waals surface area contributed by atoms with Crippen LogP contribution in [0.1, 0.15) is 410 Å². The van der Waals surface area contributed by atoms with Gasteiger partial charge in [-0.25, -0.2) is 0 Å². The summed E-state index contributed by atoms with van der Waals surface area (Å²) in [6.07, 6.45) is -29.9. The molecule has 0 radical (unpaired) electrons. The Balaban J connectivity index is -0.000000203. The van der Waals surface area contributed by atoms with Crippen LogP contribution in [0.4, 0.5) is 119 Å². The lowest BCUT2D eigenvalue weighted by Gasteiger charge is -2.51. The van der Waals surface area contributed by atoms with Crippen molar-refractivity contribution in [2.75, 3.05) is 0 Å². The Labute approximate surface area is 752 Å². The fourth-order valence-corrected chi connectivity index (χ4v) is 12.9. The van der Waals surface area contributed by atoms with E-state index in [1.54, 1.807) is 83.1 Å². The van der Waals surface area contributed by atoms with Crippen LogP contribution in [0.25, 0.3) is 0 Å². The third-order valence-corrected chi connectivity index (χ3v) is 32.4. The van der Waals surface area contributed by atoms with Crippen molar-refractivity contribution in [3.63, 3.8) is 0 Å². The maximum atomic E-state index is 12.9. The summed E-state index contributed by atoms with van der Waals surface area (Å²) in [7, 11) is 0. The average Bonchev–Trinajstić information content (AvgIpc) is 0.751. The van der Waals surface area contributed by atoms with E-state index in [-0.39, 0.29) is 58.2 Å². The standard InChI is InChI=1S/2C11H21F3.C10H22.C9H15F3.C9H17F3.C9H20.2C8H13F3.3C8H15F3/c2*1-8(2,3)9(4,5)10(6,7)11(12,13)14;1-8(2)10(6,7)9(3,4)5;1-6-4-3-5-8(7(6)2)9(10,11)12;1-6(2)8(4,5)7(3)9(10,11)12;1-7(2)8(3)9(4,5)6;1-6-2-4-7(5-3-6)8(9,10)11;1-6-3-2-4-7(5-6)8(9,10)11;1-6(2,3)7(4,5)8(9,10)11;2*1-5(2)6(3)7(4)8(9,10)11/h2*1-7H3;8H,1-7H3;6-8H,3-5H2,1-2H3;6-7H,1-5H3;7-8H,1-6H3;2*6-7H,2-5H2,1H3;1-5H3;2*5-7H,1-4H3/t;;;6?,7-,8?;;8-;;6-,7?;;2*6-,7?/m...1.1.1.11/s1. The van der Waals surface area contributed by atoms with E-state index in [4.69, 9.17) is 0 Å². The van der Waals surface area contributed by atoms with E-state index in [1.807, 2.05) is 104 Å². The van der Waals surface area contributed by atoms with Gasteiger partial charge in [-0.05, 0) is 152 Å². The summed E-state index contributed by atoms with van der Waals surface area (Å²) < 4.78 is 333. The predicted octanol–water partition coefficient (Wildman–Crippen LogP) is 41.1. The van der Waals surface area contributed by atoms with E-state index >= 15 is 0 Å². The molecule has 0 heterocycles. The molecule has 0 aliphatic heterocycles. The minimum Gasteiger partial charge on any atom is -0.171 e. The normalized spacial score (nSPS) is 21.5. The van der Waals surface area contributed by atoms with Crippen LogP contribution in [0.3, 0.4) is 0 Å². The molecular formula is C99H187F27. The largest absolute Gasteiger partial charge is 0.394 e. The van der Waals surface area contributed by atoms with Gasteiger partial charge in [0.05, 0.1) is 51.8 Å². The maximum absolute atomic E-state index is 12.9. The molecule has 126 heavy (non-hydrogen) atoms. The van der Waals surface area contributed by atoms with Crippen molar-refractivity contribution in [3.8, 4) is 0 Å². The Morgan fingerprint density at radius 2 is 0.532 bits per heavy atom. The second-order valence-corrected chi connectivity index (χ2v) is 47.9. The van der Waals surface area contributed by atoms with Gasteiger partial charge in [0, 0.05) is 0 Å². The van der Waals surface area contributed by atoms with Crippen LogP contribution >= 0.6 is 0 Å². The Morgan fingerprint density at radius 3 is 0.659 bits per heavy atom. The van der Waals surface area contributed by atoms with E-state index in [2.05, 4.69) is 90.0 Å². The molecular weight excluding hydrogens is 1700 g/mol. The molecule has 3 fully saturated rings. The lowest BCUT2D eigenvalue weighted by atomic mass is 9.55. The van der Waals surface area contributed by atoms with Gasteiger partial charge in [0.15, 0.2) is 0 Å². The van der Waals surface area contributed by atoms with Gasteiger partial charge >= 0.3 is 55.6 Å². The van der Waals surface area contributed by atoms with Crippen LogP contribution in [-0.4, -0.2) is 55.6 Å². The summed E-state index contributed by atoms with van der Waals surface area (Å²) in [6, 6.07) is 0. The summed E-state index contributed by atoms with van der Waals surface area (Å²) in [5.41, 5.74) is -7.46.